The first-order chi connectivity index (χ1) is 14.3. The molecule has 2 aromatic heterocycles. The van der Waals surface area contributed by atoms with Gasteiger partial charge in [-0.15, -0.1) is 0 Å². The van der Waals surface area contributed by atoms with Crippen LogP contribution in [0.3, 0.4) is 0 Å². The van der Waals surface area contributed by atoms with Crippen LogP contribution in [0.2, 0.25) is 5.02 Å². The summed E-state index contributed by atoms with van der Waals surface area (Å²) in [5.74, 6) is -0.816. The molecule has 0 aliphatic rings. The second kappa shape index (κ2) is 7.76. The Bertz CT molecular complexity index is 1340. The molecule has 0 bridgehead atoms. The molecule has 0 spiro atoms. The van der Waals surface area contributed by atoms with Crippen LogP contribution in [0.25, 0.3) is 16.7 Å². The van der Waals surface area contributed by atoms with E-state index < -0.39 is 11.7 Å². The summed E-state index contributed by atoms with van der Waals surface area (Å²) < 4.78 is 16.7. The van der Waals surface area contributed by atoms with E-state index in [1.807, 2.05) is 13.8 Å². The van der Waals surface area contributed by atoms with E-state index in [2.05, 4.69) is 10.4 Å². The van der Waals surface area contributed by atoms with Crippen molar-refractivity contribution in [2.24, 2.45) is 0 Å². The van der Waals surface area contributed by atoms with Crippen LogP contribution in [0, 0.1) is 19.7 Å². The van der Waals surface area contributed by atoms with Crippen molar-refractivity contribution in [3.8, 4) is 5.69 Å². The van der Waals surface area contributed by atoms with Gasteiger partial charge in [0.2, 0.25) is 5.91 Å². The van der Waals surface area contributed by atoms with Gasteiger partial charge in [0.25, 0.3) is 5.56 Å². The maximum Gasteiger partial charge on any atom is 0.252 e. The largest absolute Gasteiger partial charge is 0.324 e. The molecule has 0 saturated heterocycles. The molecule has 0 saturated carbocycles. The zero-order chi connectivity index (χ0) is 21.4. The van der Waals surface area contributed by atoms with E-state index in [0.717, 1.165) is 10.9 Å². The van der Waals surface area contributed by atoms with Crippen LogP contribution < -0.4 is 10.9 Å². The fourth-order valence-corrected chi connectivity index (χ4v) is 3.71. The number of aryl methyl sites for hydroxylation is 2. The lowest BCUT2D eigenvalue weighted by molar-refractivity contribution is -0.116. The number of amides is 1. The molecule has 0 atom stereocenters. The molecule has 1 N–H and O–H groups in total. The monoisotopic (exact) mass is 424 g/mol. The van der Waals surface area contributed by atoms with Gasteiger partial charge in [-0.2, -0.15) is 5.10 Å². The standard InChI is InChI=1S/C22H18ClFN4O2/c1-13-9-20(30)27(12-19(29)25-17-7-3-5-15(23)10-17)22-21(13)14(2)26-28(22)18-8-4-6-16(24)11-18/h3-11H,12H2,1-2H3,(H,25,29). The van der Waals surface area contributed by atoms with E-state index >= 15 is 0 Å². The first kappa shape index (κ1) is 19.8. The lowest BCUT2D eigenvalue weighted by Gasteiger charge is -2.13. The number of aromatic nitrogens is 3. The Balaban J connectivity index is 1.83. The predicted molar refractivity (Wildman–Crippen MR) is 115 cm³/mol. The summed E-state index contributed by atoms with van der Waals surface area (Å²) in [4.78, 5) is 25.5. The molecule has 6 nitrogen and oxygen atoms in total. The molecule has 4 rings (SSSR count). The number of rotatable bonds is 4. The molecule has 2 heterocycles. The fourth-order valence-electron chi connectivity index (χ4n) is 3.52. The van der Waals surface area contributed by atoms with E-state index in [-0.39, 0.29) is 12.1 Å². The third-order valence-corrected chi connectivity index (χ3v) is 4.99. The van der Waals surface area contributed by atoms with E-state index in [9.17, 15) is 14.0 Å². The van der Waals surface area contributed by atoms with Gasteiger partial charge in [-0.1, -0.05) is 23.7 Å². The SMILES string of the molecule is Cc1cc(=O)n(CC(=O)Nc2cccc(Cl)c2)c2c1c(C)nn2-c1cccc(F)c1. The van der Waals surface area contributed by atoms with Gasteiger partial charge in [0, 0.05) is 22.2 Å². The van der Waals surface area contributed by atoms with E-state index in [1.165, 1.54) is 27.4 Å². The molecule has 4 aromatic rings. The third-order valence-electron chi connectivity index (χ3n) is 4.75. The van der Waals surface area contributed by atoms with Crippen LogP contribution in [0.1, 0.15) is 11.3 Å². The van der Waals surface area contributed by atoms with Gasteiger partial charge in [0.05, 0.1) is 11.4 Å². The van der Waals surface area contributed by atoms with E-state index in [1.54, 1.807) is 36.4 Å². The third kappa shape index (κ3) is 3.71. The summed E-state index contributed by atoms with van der Waals surface area (Å²) in [6.45, 7) is 3.39. The Morgan fingerprint density at radius 3 is 2.63 bits per heavy atom. The van der Waals surface area contributed by atoms with Gasteiger partial charge in [0.1, 0.15) is 18.0 Å². The highest BCUT2D eigenvalue weighted by Crippen LogP contribution is 2.24. The average molecular weight is 425 g/mol. The number of hydrogen-bond donors (Lipinski definition) is 1. The maximum atomic E-state index is 13.8. The highest BCUT2D eigenvalue weighted by atomic mass is 35.5. The molecule has 0 aliphatic heterocycles. The number of carbonyl (C=O) groups excluding carboxylic acids is 1. The van der Waals surface area contributed by atoms with Crippen LogP contribution in [-0.4, -0.2) is 20.3 Å². The van der Waals surface area contributed by atoms with Crippen molar-refractivity contribution in [2.75, 3.05) is 5.32 Å². The Kier molecular flexibility index (Phi) is 5.13. The van der Waals surface area contributed by atoms with Gasteiger partial charge in [0.15, 0.2) is 0 Å². The number of nitrogens with zero attached hydrogens (tertiary/aromatic N) is 3. The van der Waals surface area contributed by atoms with Gasteiger partial charge in [-0.05, 0) is 55.8 Å². The smallest absolute Gasteiger partial charge is 0.252 e. The van der Waals surface area contributed by atoms with Crippen LogP contribution in [0.15, 0.2) is 59.4 Å². The van der Waals surface area contributed by atoms with Crippen molar-refractivity contribution in [3.05, 3.63) is 87.0 Å². The van der Waals surface area contributed by atoms with Crippen LogP contribution in [0.5, 0.6) is 0 Å². The Morgan fingerprint density at radius 1 is 1.13 bits per heavy atom. The first-order valence-electron chi connectivity index (χ1n) is 9.24. The number of carbonyl (C=O) groups is 1. The van der Waals surface area contributed by atoms with Crippen molar-refractivity contribution in [3.63, 3.8) is 0 Å². The number of hydrogen-bond acceptors (Lipinski definition) is 3. The molecule has 2 aromatic carbocycles. The highest BCUT2D eigenvalue weighted by molar-refractivity contribution is 6.30. The Hall–Kier alpha value is -3.45. The van der Waals surface area contributed by atoms with Gasteiger partial charge in [-0.25, -0.2) is 9.07 Å². The average Bonchev–Trinajstić information content (AvgIpc) is 3.03. The van der Waals surface area contributed by atoms with E-state index in [0.29, 0.717) is 27.7 Å². The number of anilines is 1. The second-order valence-corrected chi connectivity index (χ2v) is 7.42. The number of fused-ring (bicyclic) bond motifs is 1. The normalized spacial score (nSPS) is 11.1. The molecule has 1 amide bonds. The lowest BCUT2D eigenvalue weighted by Crippen LogP contribution is -2.29. The maximum absolute atomic E-state index is 13.8. The summed E-state index contributed by atoms with van der Waals surface area (Å²) in [5, 5.41) is 8.48. The van der Waals surface area contributed by atoms with Crippen molar-refractivity contribution >= 4 is 34.2 Å². The van der Waals surface area contributed by atoms with Crippen molar-refractivity contribution in [1.82, 2.24) is 14.3 Å². The summed E-state index contributed by atoms with van der Waals surface area (Å²) in [6, 6.07) is 14.1. The predicted octanol–water partition coefficient (Wildman–Crippen LogP) is 4.24. The van der Waals surface area contributed by atoms with Crippen LogP contribution in [-0.2, 0) is 11.3 Å². The summed E-state index contributed by atoms with van der Waals surface area (Å²) in [5.41, 5.74) is 2.49. The molecular weight excluding hydrogens is 407 g/mol. The zero-order valence-corrected chi connectivity index (χ0v) is 17.1. The van der Waals surface area contributed by atoms with Gasteiger partial charge >= 0.3 is 0 Å². The molecule has 0 fully saturated rings. The summed E-state index contributed by atoms with van der Waals surface area (Å²) >= 11 is 5.96. The quantitative estimate of drug-likeness (QED) is 0.533. The number of benzene rings is 2. The molecule has 0 unspecified atom stereocenters. The van der Waals surface area contributed by atoms with E-state index in [4.69, 9.17) is 11.6 Å². The van der Waals surface area contributed by atoms with Crippen molar-refractivity contribution < 1.29 is 9.18 Å². The minimum absolute atomic E-state index is 0.234. The number of halogens is 2. The Labute approximate surface area is 176 Å². The first-order valence-corrected chi connectivity index (χ1v) is 9.62. The topological polar surface area (TPSA) is 68.9 Å². The summed E-state index contributed by atoms with van der Waals surface area (Å²) in [6.07, 6.45) is 0. The molecule has 30 heavy (non-hydrogen) atoms. The summed E-state index contributed by atoms with van der Waals surface area (Å²) in [7, 11) is 0. The van der Waals surface area contributed by atoms with Crippen LogP contribution in [0.4, 0.5) is 10.1 Å². The van der Waals surface area contributed by atoms with Crippen molar-refractivity contribution in [2.45, 2.75) is 20.4 Å². The van der Waals surface area contributed by atoms with Crippen LogP contribution >= 0.6 is 11.6 Å². The minimum atomic E-state index is -0.422. The molecule has 8 heteroatoms. The van der Waals surface area contributed by atoms with Gasteiger partial charge < -0.3 is 5.32 Å². The second-order valence-electron chi connectivity index (χ2n) is 6.99. The fraction of sp³-hybridized carbons (Fsp3) is 0.136. The lowest BCUT2D eigenvalue weighted by atomic mass is 10.1. The number of nitrogens with one attached hydrogen (secondary N) is 1. The molecule has 0 aliphatic carbocycles. The zero-order valence-electron chi connectivity index (χ0n) is 16.3. The Morgan fingerprint density at radius 2 is 1.90 bits per heavy atom. The van der Waals surface area contributed by atoms with Gasteiger partial charge in [-0.3, -0.25) is 14.2 Å². The number of pyridine rings is 1. The van der Waals surface area contributed by atoms with Crippen molar-refractivity contribution in [1.29, 1.82) is 0 Å². The molecular formula is C22H18ClFN4O2. The minimum Gasteiger partial charge on any atom is -0.324 e. The highest BCUT2D eigenvalue weighted by Gasteiger charge is 2.19. The molecule has 0 radical (unpaired) electrons. The molecule has 152 valence electrons.